The number of ether oxygens (including phenoxy) is 2. The molecule has 0 aliphatic heterocycles. The highest BCUT2D eigenvalue weighted by atomic mass is 16.5. The summed E-state index contributed by atoms with van der Waals surface area (Å²) in [6.07, 6.45) is 5.16. The van der Waals surface area contributed by atoms with E-state index in [1.807, 2.05) is 18.2 Å². The third-order valence-corrected chi connectivity index (χ3v) is 3.79. The second-order valence-electron chi connectivity index (χ2n) is 5.40. The van der Waals surface area contributed by atoms with E-state index >= 15 is 0 Å². The molecule has 0 atom stereocenters. The van der Waals surface area contributed by atoms with Crippen LogP contribution in [0.5, 0.6) is 0 Å². The largest absolute Gasteiger partial charge is 0.465 e. The number of rotatable bonds is 7. The fourth-order valence-electron chi connectivity index (χ4n) is 2.49. The average molecular weight is 344 g/mol. The number of unbranched alkanes of at least 4 members (excludes halogenated alkanes) is 1. The number of hydrogen-bond acceptors (Lipinski definition) is 6. The van der Waals surface area contributed by atoms with Crippen molar-refractivity contribution in [2.75, 3.05) is 14.2 Å². The molecule has 0 aliphatic rings. The number of esters is 2. The molecule has 0 aliphatic carbocycles. The molecule has 2 rings (SSSR count). The molecule has 1 aromatic carbocycles. The predicted octanol–water partition coefficient (Wildman–Crippen LogP) is 3.38. The zero-order valence-electron chi connectivity index (χ0n) is 14.7. The number of pyridine rings is 1. The molecule has 25 heavy (non-hydrogen) atoms. The molecule has 6 nitrogen and oxygen atoms in total. The highest BCUT2D eigenvalue weighted by Crippen LogP contribution is 2.16. The van der Waals surface area contributed by atoms with Gasteiger partial charge in [-0.05, 0) is 42.9 Å². The molecule has 0 saturated heterocycles. The van der Waals surface area contributed by atoms with Crippen molar-refractivity contribution in [3.8, 4) is 0 Å². The van der Waals surface area contributed by atoms with Gasteiger partial charge in [0.15, 0.2) is 0 Å². The van der Waals surface area contributed by atoms with Gasteiger partial charge in [0, 0.05) is 6.20 Å². The van der Waals surface area contributed by atoms with E-state index in [4.69, 9.17) is 4.74 Å². The highest BCUT2D eigenvalue weighted by Gasteiger charge is 2.17. The van der Waals surface area contributed by atoms with Gasteiger partial charge in [-0.3, -0.25) is 0 Å². The zero-order chi connectivity index (χ0) is 17.4. The molecule has 1 heterocycles. The first-order valence-corrected chi connectivity index (χ1v) is 7.85. The number of aromatic nitrogens is 1. The van der Waals surface area contributed by atoms with Gasteiger partial charge in [0.2, 0.25) is 0 Å². The van der Waals surface area contributed by atoms with Crippen LogP contribution < -0.4 is 6.15 Å². The Hall–Kier alpha value is -2.73. The van der Waals surface area contributed by atoms with Gasteiger partial charge >= 0.3 is 11.9 Å². The summed E-state index contributed by atoms with van der Waals surface area (Å²) in [7, 11) is 2.60. The number of benzene rings is 1. The lowest BCUT2D eigenvalue weighted by Gasteiger charge is -2.09. The van der Waals surface area contributed by atoms with Crippen LogP contribution in [0, 0.1) is 0 Å². The maximum absolute atomic E-state index is 11.9. The van der Waals surface area contributed by atoms with E-state index in [9.17, 15) is 9.59 Å². The van der Waals surface area contributed by atoms with Crippen molar-refractivity contribution in [1.29, 1.82) is 0 Å². The van der Waals surface area contributed by atoms with Gasteiger partial charge in [0.05, 0.1) is 19.8 Å². The lowest BCUT2D eigenvalue weighted by molar-refractivity contribution is 0.0593. The predicted molar refractivity (Wildman–Crippen MR) is 95.0 cm³/mol. The van der Waals surface area contributed by atoms with Gasteiger partial charge in [0.25, 0.3) is 0 Å². The van der Waals surface area contributed by atoms with Gasteiger partial charge in [0.1, 0.15) is 5.69 Å². The molecule has 0 saturated carbocycles. The molecule has 6 heteroatoms. The van der Waals surface area contributed by atoms with E-state index in [-0.39, 0.29) is 11.8 Å². The monoisotopic (exact) mass is 344 g/mol. The Labute approximate surface area is 147 Å². The van der Waals surface area contributed by atoms with Crippen molar-refractivity contribution in [2.24, 2.45) is 0 Å². The normalized spacial score (nSPS) is 9.84. The number of hydrogen-bond donors (Lipinski definition) is 1. The molecule has 0 radical (unpaired) electrons. The second-order valence-corrected chi connectivity index (χ2v) is 5.40. The minimum absolute atomic E-state index is 0. The molecular weight excluding hydrogens is 320 g/mol. The summed E-state index contributed by atoms with van der Waals surface area (Å²) in [5.74, 6) is -1.05. The highest BCUT2D eigenvalue weighted by molar-refractivity contribution is 5.95. The van der Waals surface area contributed by atoms with Gasteiger partial charge in [-0.15, -0.1) is 0 Å². The van der Waals surface area contributed by atoms with Crippen LogP contribution in [0.15, 0.2) is 42.6 Å². The Morgan fingerprint density at radius 2 is 1.60 bits per heavy atom. The Morgan fingerprint density at radius 1 is 0.960 bits per heavy atom. The molecule has 2 aromatic rings. The maximum Gasteiger partial charge on any atom is 0.356 e. The smallest absolute Gasteiger partial charge is 0.356 e. The molecule has 0 fully saturated rings. The fraction of sp³-hybridized carbons (Fsp3) is 0.316. The molecule has 0 bridgehead atoms. The van der Waals surface area contributed by atoms with Gasteiger partial charge in [-0.2, -0.15) is 0 Å². The first-order chi connectivity index (χ1) is 11.7. The third kappa shape index (κ3) is 5.69. The fourth-order valence-corrected chi connectivity index (χ4v) is 2.49. The van der Waals surface area contributed by atoms with Crippen molar-refractivity contribution >= 4 is 11.9 Å². The molecular formula is C19H24N2O4. The van der Waals surface area contributed by atoms with Crippen LogP contribution in [0.1, 0.15) is 44.8 Å². The number of aryl methyl sites for hydroxylation is 2. The zero-order valence-corrected chi connectivity index (χ0v) is 14.7. The Balaban J connectivity index is 0.00000312. The Kier molecular flexibility index (Phi) is 8.29. The molecule has 134 valence electrons. The van der Waals surface area contributed by atoms with Gasteiger partial charge < -0.3 is 15.6 Å². The van der Waals surface area contributed by atoms with Crippen LogP contribution in [0.25, 0.3) is 0 Å². The summed E-state index contributed by atoms with van der Waals surface area (Å²) in [6.45, 7) is 0. The summed E-state index contributed by atoms with van der Waals surface area (Å²) in [5, 5.41) is 0. The minimum Gasteiger partial charge on any atom is -0.465 e. The number of nitrogens with zero attached hydrogens (tertiary/aromatic N) is 1. The molecule has 0 amide bonds. The van der Waals surface area contributed by atoms with Crippen LogP contribution in [0.2, 0.25) is 0 Å². The summed E-state index contributed by atoms with van der Waals surface area (Å²) >= 11 is 0. The summed E-state index contributed by atoms with van der Waals surface area (Å²) in [4.78, 5) is 27.6. The molecule has 0 unspecified atom stereocenters. The van der Waals surface area contributed by atoms with Crippen molar-refractivity contribution in [3.63, 3.8) is 0 Å². The number of carbonyl (C=O) groups excluding carboxylic acids is 2. The lowest BCUT2D eigenvalue weighted by Crippen LogP contribution is -2.11. The summed E-state index contributed by atoms with van der Waals surface area (Å²) < 4.78 is 9.44. The Bertz CT molecular complexity index is 702. The standard InChI is InChI=1S/C19H21NO4.H3N/c1-23-18(21)16-12-17(19(22)24-2)20-13-15(16)11-7-6-10-14-8-4-3-5-9-14;/h3-5,8-9,12-13H,6-7,10-11H2,1-2H3;1H3. The van der Waals surface area contributed by atoms with E-state index in [0.29, 0.717) is 12.0 Å². The lowest BCUT2D eigenvalue weighted by atomic mass is 10.0. The van der Waals surface area contributed by atoms with Crippen molar-refractivity contribution in [1.82, 2.24) is 11.1 Å². The van der Waals surface area contributed by atoms with Crippen LogP contribution in [0.3, 0.4) is 0 Å². The van der Waals surface area contributed by atoms with Gasteiger partial charge in [-0.25, -0.2) is 14.6 Å². The number of carbonyl (C=O) groups is 2. The molecule has 3 N–H and O–H groups in total. The first-order valence-electron chi connectivity index (χ1n) is 7.85. The second kappa shape index (κ2) is 10.2. The maximum atomic E-state index is 11.9. The van der Waals surface area contributed by atoms with E-state index in [1.165, 1.54) is 25.8 Å². The van der Waals surface area contributed by atoms with Crippen LogP contribution in [-0.4, -0.2) is 31.1 Å². The van der Waals surface area contributed by atoms with Crippen molar-refractivity contribution < 1.29 is 19.1 Å². The number of methoxy groups -OCH3 is 2. The molecule has 1 aromatic heterocycles. The Morgan fingerprint density at radius 3 is 2.24 bits per heavy atom. The first kappa shape index (κ1) is 20.3. The van der Waals surface area contributed by atoms with Gasteiger partial charge in [-0.1, -0.05) is 30.3 Å². The van der Waals surface area contributed by atoms with E-state index in [0.717, 1.165) is 24.8 Å². The third-order valence-electron chi connectivity index (χ3n) is 3.79. The SMILES string of the molecule is COC(=O)c1cc(C(=O)OC)c(CCCCc2ccccc2)cn1.N. The quantitative estimate of drug-likeness (QED) is 0.610. The van der Waals surface area contributed by atoms with E-state index < -0.39 is 11.9 Å². The van der Waals surface area contributed by atoms with Crippen LogP contribution in [0.4, 0.5) is 0 Å². The average Bonchev–Trinajstić information content (AvgIpc) is 2.64. The van der Waals surface area contributed by atoms with Crippen molar-refractivity contribution in [2.45, 2.75) is 25.7 Å². The topological polar surface area (TPSA) is 100 Å². The van der Waals surface area contributed by atoms with E-state index in [2.05, 4.69) is 21.9 Å². The summed E-state index contributed by atoms with van der Waals surface area (Å²) in [5.41, 5.74) is 2.55. The molecule has 0 spiro atoms. The van der Waals surface area contributed by atoms with E-state index in [1.54, 1.807) is 6.20 Å². The van der Waals surface area contributed by atoms with Crippen LogP contribution in [-0.2, 0) is 22.3 Å². The summed E-state index contributed by atoms with van der Waals surface area (Å²) in [6, 6.07) is 11.7. The minimum atomic E-state index is -0.573. The van der Waals surface area contributed by atoms with Crippen LogP contribution >= 0.6 is 0 Å². The van der Waals surface area contributed by atoms with Crippen molar-refractivity contribution in [3.05, 3.63) is 65.0 Å².